The van der Waals surface area contributed by atoms with E-state index in [9.17, 15) is 8.60 Å². The molecule has 0 aromatic heterocycles. The molecular formula is C10H12ClFN2OS. The molecular weight excluding hydrogens is 251 g/mol. The molecule has 1 aromatic carbocycles. The largest absolute Gasteiger partial charge is 0.397 e. The highest BCUT2D eigenvalue weighted by molar-refractivity contribution is 7.85. The maximum atomic E-state index is 13.1. The van der Waals surface area contributed by atoms with Crippen LogP contribution in [-0.4, -0.2) is 28.8 Å². The van der Waals surface area contributed by atoms with Crippen molar-refractivity contribution in [3.05, 3.63) is 23.0 Å². The maximum absolute atomic E-state index is 13.1. The molecule has 0 aliphatic carbocycles. The van der Waals surface area contributed by atoms with Crippen molar-refractivity contribution in [2.24, 2.45) is 0 Å². The minimum Gasteiger partial charge on any atom is -0.397 e. The number of nitrogen functional groups attached to an aromatic ring is 1. The van der Waals surface area contributed by atoms with Crippen LogP contribution < -0.4 is 10.6 Å². The van der Waals surface area contributed by atoms with Crippen LogP contribution in [0.25, 0.3) is 0 Å². The molecule has 0 spiro atoms. The lowest BCUT2D eigenvalue weighted by Crippen LogP contribution is -2.38. The fourth-order valence-corrected chi connectivity index (χ4v) is 2.91. The van der Waals surface area contributed by atoms with Gasteiger partial charge in [-0.15, -0.1) is 0 Å². The molecule has 1 saturated heterocycles. The Morgan fingerprint density at radius 1 is 1.38 bits per heavy atom. The number of anilines is 2. The summed E-state index contributed by atoms with van der Waals surface area (Å²) in [6, 6.07) is 2.75. The molecule has 16 heavy (non-hydrogen) atoms. The molecule has 0 atom stereocenters. The van der Waals surface area contributed by atoms with Crippen molar-refractivity contribution >= 4 is 33.8 Å². The number of hydrogen-bond acceptors (Lipinski definition) is 3. The fraction of sp³-hybridized carbons (Fsp3) is 0.400. The number of nitrogens with two attached hydrogens (primary N) is 1. The second-order valence-corrected chi connectivity index (χ2v) is 5.76. The van der Waals surface area contributed by atoms with Crippen molar-refractivity contribution in [1.29, 1.82) is 0 Å². The van der Waals surface area contributed by atoms with Gasteiger partial charge in [-0.3, -0.25) is 4.21 Å². The lowest BCUT2D eigenvalue weighted by atomic mass is 10.2. The van der Waals surface area contributed by atoms with E-state index in [0.29, 0.717) is 30.3 Å². The molecule has 88 valence electrons. The van der Waals surface area contributed by atoms with E-state index in [-0.39, 0.29) is 5.02 Å². The van der Waals surface area contributed by atoms with Crippen molar-refractivity contribution in [1.82, 2.24) is 0 Å². The first-order chi connectivity index (χ1) is 7.58. The number of benzene rings is 1. The lowest BCUT2D eigenvalue weighted by molar-refractivity contribution is 0.628. The molecule has 0 radical (unpaired) electrons. The summed E-state index contributed by atoms with van der Waals surface area (Å²) in [4.78, 5) is 1.99. The summed E-state index contributed by atoms with van der Waals surface area (Å²) in [6.07, 6.45) is 0. The highest BCUT2D eigenvalue weighted by Gasteiger charge is 2.18. The first-order valence-electron chi connectivity index (χ1n) is 4.92. The smallest absolute Gasteiger partial charge is 0.143 e. The molecule has 1 aliphatic rings. The molecule has 0 amide bonds. The quantitative estimate of drug-likeness (QED) is 0.783. The normalized spacial score (nSPS) is 17.8. The van der Waals surface area contributed by atoms with Crippen LogP contribution in [0.4, 0.5) is 15.8 Å². The molecule has 1 aromatic rings. The van der Waals surface area contributed by atoms with Gasteiger partial charge in [0.2, 0.25) is 0 Å². The zero-order valence-corrected chi connectivity index (χ0v) is 10.2. The summed E-state index contributed by atoms with van der Waals surface area (Å²) in [5.74, 6) is 0.728. The average Bonchev–Trinajstić information content (AvgIpc) is 2.25. The minimum absolute atomic E-state index is 0.0656. The molecule has 1 fully saturated rings. The molecule has 0 unspecified atom stereocenters. The van der Waals surface area contributed by atoms with E-state index < -0.39 is 16.6 Å². The monoisotopic (exact) mass is 262 g/mol. The Bertz CT molecular complexity index is 431. The number of hydrogen-bond donors (Lipinski definition) is 1. The Morgan fingerprint density at radius 2 is 2.00 bits per heavy atom. The molecule has 6 heteroatoms. The number of nitrogens with zero attached hydrogens (tertiary/aromatic N) is 1. The van der Waals surface area contributed by atoms with Gasteiger partial charge in [0, 0.05) is 41.5 Å². The summed E-state index contributed by atoms with van der Waals surface area (Å²) in [5, 5.41) is 0.0656. The van der Waals surface area contributed by atoms with Crippen LogP contribution >= 0.6 is 11.6 Å². The summed E-state index contributed by atoms with van der Waals surface area (Å²) in [7, 11) is -0.741. The second kappa shape index (κ2) is 4.59. The van der Waals surface area contributed by atoms with Gasteiger partial charge in [0.15, 0.2) is 0 Å². The fourth-order valence-electron chi connectivity index (χ4n) is 1.70. The van der Waals surface area contributed by atoms with Crippen LogP contribution in [0.3, 0.4) is 0 Å². The van der Waals surface area contributed by atoms with Gasteiger partial charge in [-0.25, -0.2) is 4.39 Å². The van der Waals surface area contributed by atoms with Gasteiger partial charge < -0.3 is 10.6 Å². The SMILES string of the molecule is Nc1cc(F)c(Cl)cc1N1CCS(=O)CC1. The first kappa shape index (κ1) is 11.7. The van der Waals surface area contributed by atoms with Gasteiger partial charge in [-0.2, -0.15) is 0 Å². The Kier molecular flexibility index (Phi) is 3.35. The average molecular weight is 263 g/mol. The van der Waals surface area contributed by atoms with E-state index in [4.69, 9.17) is 17.3 Å². The Balaban J connectivity index is 2.26. The predicted octanol–water partition coefficient (Wildman–Crippen LogP) is 1.63. The Hall–Kier alpha value is -0.810. The van der Waals surface area contributed by atoms with Crippen molar-refractivity contribution in [2.75, 3.05) is 35.2 Å². The molecule has 1 aliphatic heterocycles. The third kappa shape index (κ3) is 2.30. The molecule has 3 nitrogen and oxygen atoms in total. The Labute approximate surface area is 101 Å². The van der Waals surface area contributed by atoms with E-state index in [1.807, 2.05) is 4.90 Å². The van der Waals surface area contributed by atoms with Crippen molar-refractivity contribution < 1.29 is 8.60 Å². The van der Waals surface area contributed by atoms with Crippen molar-refractivity contribution in [3.8, 4) is 0 Å². The standard InChI is InChI=1S/C10H12ClFN2OS/c11-7-5-10(9(13)6-8(7)12)14-1-3-16(15)4-2-14/h5-6H,1-4,13H2. The Morgan fingerprint density at radius 3 is 2.62 bits per heavy atom. The molecule has 2 rings (SSSR count). The predicted molar refractivity (Wildman–Crippen MR) is 65.9 cm³/mol. The van der Waals surface area contributed by atoms with Gasteiger partial charge in [-0.1, -0.05) is 11.6 Å². The van der Waals surface area contributed by atoms with E-state index >= 15 is 0 Å². The topological polar surface area (TPSA) is 46.3 Å². The molecule has 0 bridgehead atoms. The van der Waals surface area contributed by atoms with Crippen molar-refractivity contribution in [2.45, 2.75) is 0 Å². The van der Waals surface area contributed by atoms with Crippen LogP contribution in [0.1, 0.15) is 0 Å². The van der Waals surface area contributed by atoms with E-state index in [1.54, 1.807) is 0 Å². The van der Waals surface area contributed by atoms with Crippen LogP contribution in [0.2, 0.25) is 5.02 Å². The maximum Gasteiger partial charge on any atom is 0.143 e. The second-order valence-electron chi connectivity index (χ2n) is 3.66. The van der Waals surface area contributed by atoms with Crippen molar-refractivity contribution in [3.63, 3.8) is 0 Å². The van der Waals surface area contributed by atoms with Gasteiger partial charge in [0.1, 0.15) is 5.82 Å². The third-order valence-electron chi connectivity index (χ3n) is 2.59. The summed E-state index contributed by atoms with van der Waals surface area (Å²) in [6.45, 7) is 1.33. The summed E-state index contributed by atoms with van der Waals surface area (Å²) in [5.41, 5.74) is 6.83. The van der Waals surface area contributed by atoms with Crippen LogP contribution in [0.15, 0.2) is 12.1 Å². The number of rotatable bonds is 1. The van der Waals surface area contributed by atoms with Gasteiger partial charge in [0.25, 0.3) is 0 Å². The highest BCUT2D eigenvalue weighted by atomic mass is 35.5. The van der Waals surface area contributed by atoms with Gasteiger partial charge >= 0.3 is 0 Å². The van der Waals surface area contributed by atoms with Gasteiger partial charge in [-0.05, 0) is 6.07 Å². The number of halogens is 2. The summed E-state index contributed by atoms with van der Waals surface area (Å²) < 4.78 is 24.3. The van der Waals surface area contributed by atoms with Gasteiger partial charge in [0.05, 0.1) is 16.4 Å². The molecule has 0 saturated carbocycles. The lowest BCUT2D eigenvalue weighted by Gasteiger charge is -2.29. The first-order valence-corrected chi connectivity index (χ1v) is 6.79. The molecule has 1 heterocycles. The van der Waals surface area contributed by atoms with Crippen LogP contribution in [-0.2, 0) is 10.8 Å². The molecule has 2 N–H and O–H groups in total. The van der Waals surface area contributed by atoms with E-state index in [1.165, 1.54) is 12.1 Å². The highest BCUT2D eigenvalue weighted by Crippen LogP contribution is 2.30. The van der Waals surface area contributed by atoms with Crippen LogP contribution in [0, 0.1) is 5.82 Å². The van der Waals surface area contributed by atoms with E-state index in [2.05, 4.69) is 0 Å². The minimum atomic E-state index is -0.741. The van der Waals surface area contributed by atoms with Crippen LogP contribution in [0.5, 0.6) is 0 Å². The third-order valence-corrected chi connectivity index (χ3v) is 4.15. The zero-order chi connectivity index (χ0) is 11.7. The summed E-state index contributed by atoms with van der Waals surface area (Å²) >= 11 is 5.72. The zero-order valence-electron chi connectivity index (χ0n) is 8.58. The van der Waals surface area contributed by atoms with E-state index in [0.717, 1.165) is 5.69 Å².